The molecular formula is C11H20N4. The smallest absolute Gasteiger partial charge is 0.125 e. The van der Waals surface area contributed by atoms with Crippen LogP contribution in [0.25, 0.3) is 0 Å². The summed E-state index contributed by atoms with van der Waals surface area (Å²) in [6.07, 6.45) is 1.00. The van der Waals surface area contributed by atoms with Crippen LogP contribution in [0.1, 0.15) is 30.2 Å². The van der Waals surface area contributed by atoms with Gasteiger partial charge in [0.2, 0.25) is 0 Å². The highest BCUT2D eigenvalue weighted by Crippen LogP contribution is 2.15. The number of aromatic nitrogens is 2. The summed E-state index contributed by atoms with van der Waals surface area (Å²) in [5.41, 5.74) is 2.41. The summed E-state index contributed by atoms with van der Waals surface area (Å²) in [6.45, 7) is 7.45. The Morgan fingerprint density at radius 3 is 2.93 bits per heavy atom. The van der Waals surface area contributed by atoms with Crippen LogP contribution in [0.4, 0.5) is 0 Å². The molecule has 0 radical (unpaired) electrons. The maximum Gasteiger partial charge on any atom is 0.125 e. The van der Waals surface area contributed by atoms with Gasteiger partial charge in [0, 0.05) is 25.3 Å². The normalized spacial score (nSPS) is 23.3. The number of hydrogen-bond donors (Lipinski definition) is 2. The van der Waals surface area contributed by atoms with Crippen molar-refractivity contribution < 1.29 is 0 Å². The van der Waals surface area contributed by atoms with E-state index in [0.717, 1.165) is 31.9 Å². The maximum absolute atomic E-state index is 4.64. The zero-order valence-corrected chi connectivity index (χ0v) is 9.80. The second-order valence-electron chi connectivity index (χ2n) is 4.32. The second kappa shape index (κ2) is 4.33. The van der Waals surface area contributed by atoms with Crippen molar-refractivity contribution in [3.05, 3.63) is 17.2 Å². The van der Waals surface area contributed by atoms with E-state index in [-0.39, 0.29) is 0 Å². The Labute approximate surface area is 91.1 Å². The number of likely N-dealkylation sites (N-methyl/N-ethyl adjacent to an activating group) is 1. The number of aromatic amines is 1. The number of rotatable bonds is 2. The van der Waals surface area contributed by atoms with Crippen molar-refractivity contribution in [3.8, 4) is 0 Å². The molecule has 1 atom stereocenters. The van der Waals surface area contributed by atoms with Crippen molar-refractivity contribution in [2.24, 2.45) is 0 Å². The number of aryl methyl sites for hydroxylation is 2. The molecule has 2 rings (SSSR count). The van der Waals surface area contributed by atoms with Crippen LogP contribution in [-0.2, 0) is 6.42 Å². The third-order valence-corrected chi connectivity index (χ3v) is 3.05. The predicted octanol–water partition coefficient (Wildman–Crippen LogP) is 0.857. The van der Waals surface area contributed by atoms with Crippen LogP contribution >= 0.6 is 0 Å². The molecule has 1 fully saturated rings. The van der Waals surface area contributed by atoms with E-state index in [1.807, 2.05) is 0 Å². The van der Waals surface area contributed by atoms with E-state index < -0.39 is 0 Å². The van der Waals surface area contributed by atoms with Gasteiger partial charge in [-0.2, -0.15) is 0 Å². The van der Waals surface area contributed by atoms with Crippen molar-refractivity contribution in [3.63, 3.8) is 0 Å². The van der Waals surface area contributed by atoms with Crippen molar-refractivity contribution in [1.29, 1.82) is 0 Å². The highest BCUT2D eigenvalue weighted by atomic mass is 15.2. The number of nitrogens with one attached hydrogen (secondary N) is 2. The van der Waals surface area contributed by atoms with Crippen molar-refractivity contribution in [2.75, 3.05) is 26.7 Å². The van der Waals surface area contributed by atoms with Gasteiger partial charge in [-0.05, 0) is 20.4 Å². The van der Waals surface area contributed by atoms with Gasteiger partial charge in [0.25, 0.3) is 0 Å². The van der Waals surface area contributed by atoms with Gasteiger partial charge >= 0.3 is 0 Å². The lowest BCUT2D eigenvalue weighted by Crippen LogP contribution is -2.44. The molecule has 2 N–H and O–H groups in total. The van der Waals surface area contributed by atoms with Gasteiger partial charge in [-0.3, -0.25) is 0 Å². The molecule has 0 spiro atoms. The Hall–Kier alpha value is -0.870. The number of H-pyrrole nitrogens is 1. The molecular weight excluding hydrogens is 188 g/mol. The first kappa shape index (κ1) is 10.6. The number of hydrogen-bond acceptors (Lipinski definition) is 3. The molecule has 1 aromatic rings. The molecule has 0 aromatic carbocycles. The fraction of sp³-hybridized carbons (Fsp3) is 0.727. The monoisotopic (exact) mass is 208 g/mol. The number of nitrogens with zero attached hydrogens (tertiary/aromatic N) is 2. The second-order valence-corrected chi connectivity index (χ2v) is 4.32. The molecule has 2 heterocycles. The van der Waals surface area contributed by atoms with Gasteiger partial charge in [-0.15, -0.1) is 0 Å². The molecule has 0 saturated carbocycles. The minimum absolute atomic E-state index is 0.364. The third kappa shape index (κ3) is 2.21. The highest BCUT2D eigenvalue weighted by Gasteiger charge is 2.21. The molecule has 15 heavy (non-hydrogen) atoms. The summed E-state index contributed by atoms with van der Waals surface area (Å²) in [5.74, 6) is 1.09. The van der Waals surface area contributed by atoms with Gasteiger partial charge in [-0.25, -0.2) is 4.98 Å². The standard InChI is InChI=1S/C11H20N4/c1-4-9-8(2)13-11(14-9)10-7-15(3)6-5-12-10/h10,12H,4-7H2,1-3H3,(H,13,14). The first-order valence-electron chi connectivity index (χ1n) is 5.68. The van der Waals surface area contributed by atoms with Crippen molar-refractivity contribution in [1.82, 2.24) is 20.2 Å². The van der Waals surface area contributed by atoms with Crippen molar-refractivity contribution in [2.45, 2.75) is 26.3 Å². The molecule has 1 unspecified atom stereocenters. The summed E-state index contributed by atoms with van der Waals surface area (Å²) >= 11 is 0. The van der Waals surface area contributed by atoms with E-state index >= 15 is 0 Å². The summed E-state index contributed by atoms with van der Waals surface area (Å²) in [7, 11) is 2.16. The molecule has 0 amide bonds. The van der Waals surface area contributed by atoms with E-state index in [9.17, 15) is 0 Å². The molecule has 1 saturated heterocycles. The van der Waals surface area contributed by atoms with Crippen LogP contribution in [0.5, 0.6) is 0 Å². The molecule has 0 aliphatic carbocycles. The molecule has 84 valence electrons. The summed E-state index contributed by atoms with van der Waals surface area (Å²) in [5, 5.41) is 3.50. The van der Waals surface area contributed by atoms with Crippen LogP contribution in [0, 0.1) is 6.92 Å². The lowest BCUT2D eigenvalue weighted by molar-refractivity contribution is 0.236. The molecule has 0 bridgehead atoms. The zero-order chi connectivity index (χ0) is 10.8. The van der Waals surface area contributed by atoms with Gasteiger partial charge in [0.1, 0.15) is 5.82 Å². The van der Waals surface area contributed by atoms with Crippen LogP contribution < -0.4 is 5.32 Å². The van der Waals surface area contributed by atoms with Crippen LogP contribution in [0.15, 0.2) is 0 Å². The largest absolute Gasteiger partial charge is 0.345 e. The third-order valence-electron chi connectivity index (χ3n) is 3.05. The van der Waals surface area contributed by atoms with E-state index in [4.69, 9.17) is 0 Å². The lowest BCUT2D eigenvalue weighted by Gasteiger charge is -2.29. The topological polar surface area (TPSA) is 44.0 Å². The Kier molecular flexibility index (Phi) is 3.07. The fourth-order valence-corrected chi connectivity index (χ4v) is 2.11. The average Bonchev–Trinajstić information content (AvgIpc) is 2.60. The first-order chi connectivity index (χ1) is 7.20. The Balaban J connectivity index is 2.14. The predicted molar refractivity (Wildman–Crippen MR) is 60.9 cm³/mol. The highest BCUT2D eigenvalue weighted by molar-refractivity contribution is 5.15. The summed E-state index contributed by atoms with van der Waals surface area (Å²) in [6, 6.07) is 0.364. The van der Waals surface area contributed by atoms with Gasteiger partial charge in [-0.1, -0.05) is 6.92 Å². The maximum atomic E-state index is 4.64. The van der Waals surface area contributed by atoms with Crippen LogP contribution in [-0.4, -0.2) is 41.5 Å². The van der Waals surface area contributed by atoms with Gasteiger partial charge in [0.15, 0.2) is 0 Å². The molecule has 1 aromatic heterocycles. The number of imidazole rings is 1. The quantitative estimate of drug-likeness (QED) is 0.757. The Bertz CT molecular complexity index is 331. The first-order valence-corrected chi connectivity index (χ1v) is 5.68. The minimum atomic E-state index is 0.364. The van der Waals surface area contributed by atoms with E-state index in [2.05, 4.69) is 41.1 Å². The Morgan fingerprint density at radius 2 is 2.33 bits per heavy atom. The molecule has 4 heteroatoms. The summed E-state index contributed by atoms with van der Waals surface area (Å²) in [4.78, 5) is 10.4. The van der Waals surface area contributed by atoms with Gasteiger partial charge in [0.05, 0.1) is 11.7 Å². The van der Waals surface area contributed by atoms with E-state index in [1.165, 1.54) is 11.4 Å². The average molecular weight is 208 g/mol. The van der Waals surface area contributed by atoms with Gasteiger partial charge < -0.3 is 15.2 Å². The molecule has 4 nitrogen and oxygen atoms in total. The Morgan fingerprint density at radius 1 is 1.53 bits per heavy atom. The van der Waals surface area contributed by atoms with Crippen molar-refractivity contribution >= 4 is 0 Å². The van der Waals surface area contributed by atoms with E-state index in [1.54, 1.807) is 0 Å². The SMILES string of the molecule is CCc1nc(C2CN(C)CCN2)[nH]c1C. The zero-order valence-electron chi connectivity index (χ0n) is 9.80. The number of piperazine rings is 1. The minimum Gasteiger partial charge on any atom is -0.345 e. The summed E-state index contributed by atoms with van der Waals surface area (Å²) < 4.78 is 0. The molecule has 1 aliphatic rings. The fourth-order valence-electron chi connectivity index (χ4n) is 2.11. The van der Waals surface area contributed by atoms with E-state index in [0.29, 0.717) is 6.04 Å². The lowest BCUT2D eigenvalue weighted by atomic mass is 10.2. The molecule has 1 aliphatic heterocycles. The van der Waals surface area contributed by atoms with Crippen LogP contribution in [0.3, 0.4) is 0 Å². The van der Waals surface area contributed by atoms with Crippen LogP contribution in [0.2, 0.25) is 0 Å².